The molecular formula is C29H38N4O2. The summed E-state index contributed by atoms with van der Waals surface area (Å²) in [6.07, 6.45) is 4.02. The fourth-order valence-electron chi connectivity index (χ4n) is 4.63. The minimum absolute atomic E-state index is 0.138. The Morgan fingerprint density at radius 2 is 1.86 bits per heavy atom. The minimum atomic E-state index is -0.138. The topological polar surface area (TPSA) is 86.2 Å². The van der Waals surface area contributed by atoms with Crippen LogP contribution in [0.4, 0.5) is 5.82 Å². The zero-order valence-electron chi connectivity index (χ0n) is 21.7. The number of nitrogens with zero attached hydrogens (tertiary/aromatic N) is 3. The molecular weight excluding hydrogens is 436 g/mol. The van der Waals surface area contributed by atoms with Crippen LogP contribution in [0.2, 0.25) is 0 Å². The van der Waals surface area contributed by atoms with E-state index in [0.29, 0.717) is 24.7 Å². The van der Waals surface area contributed by atoms with Crippen LogP contribution in [0.1, 0.15) is 69.5 Å². The van der Waals surface area contributed by atoms with E-state index < -0.39 is 0 Å². The van der Waals surface area contributed by atoms with E-state index >= 15 is 0 Å². The molecule has 6 heteroatoms. The van der Waals surface area contributed by atoms with Crippen LogP contribution in [0.15, 0.2) is 36.4 Å². The molecule has 0 amide bonds. The Hall–Kier alpha value is -3.12. The van der Waals surface area contributed by atoms with Crippen molar-refractivity contribution in [2.24, 2.45) is 0 Å². The number of phenols is 1. The Morgan fingerprint density at radius 3 is 2.57 bits per heavy atom. The highest BCUT2D eigenvalue weighted by Crippen LogP contribution is 2.34. The average molecular weight is 475 g/mol. The fourth-order valence-corrected chi connectivity index (χ4v) is 4.63. The number of nitrogen functional groups attached to an aromatic ring is 1. The van der Waals surface area contributed by atoms with E-state index in [-0.39, 0.29) is 5.41 Å². The van der Waals surface area contributed by atoms with Crippen LogP contribution >= 0.6 is 0 Å². The molecule has 2 aromatic carbocycles. The number of aromatic hydroxyl groups is 1. The molecule has 0 aliphatic heterocycles. The number of hydrogen-bond acceptors (Lipinski definition) is 5. The summed E-state index contributed by atoms with van der Waals surface area (Å²) in [7, 11) is 0. The predicted molar refractivity (Wildman–Crippen MR) is 144 cm³/mol. The molecule has 0 aliphatic rings. The summed E-state index contributed by atoms with van der Waals surface area (Å²) in [6, 6.07) is 12.2. The van der Waals surface area contributed by atoms with E-state index in [2.05, 4.69) is 50.5 Å². The second-order valence-electron chi connectivity index (χ2n) is 10.2. The van der Waals surface area contributed by atoms with Gasteiger partial charge in [-0.1, -0.05) is 52.3 Å². The van der Waals surface area contributed by atoms with E-state index in [9.17, 15) is 5.11 Å². The van der Waals surface area contributed by atoms with Gasteiger partial charge in [0.15, 0.2) is 5.82 Å². The van der Waals surface area contributed by atoms with E-state index in [1.807, 2.05) is 19.1 Å². The first-order chi connectivity index (χ1) is 16.7. The number of hydrogen-bond donors (Lipinski definition) is 2. The number of benzene rings is 2. The average Bonchev–Trinajstić information content (AvgIpc) is 3.19. The van der Waals surface area contributed by atoms with E-state index in [0.717, 1.165) is 71.2 Å². The summed E-state index contributed by atoms with van der Waals surface area (Å²) in [5.41, 5.74) is 12.1. The lowest BCUT2D eigenvalue weighted by Crippen LogP contribution is -2.24. The molecule has 0 spiro atoms. The number of imidazole rings is 1. The normalized spacial score (nSPS) is 12.1. The number of nitrogens with two attached hydrogens (primary N) is 1. The van der Waals surface area contributed by atoms with Crippen molar-refractivity contribution in [2.45, 2.75) is 72.3 Å². The smallest absolute Gasteiger partial charge is 0.152 e. The van der Waals surface area contributed by atoms with Crippen molar-refractivity contribution < 1.29 is 9.84 Å². The first kappa shape index (κ1) is 25.0. The van der Waals surface area contributed by atoms with Crippen molar-refractivity contribution in [2.75, 3.05) is 18.9 Å². The summed E-state index contributed by atoms with van der Waals surface area (Å²) in [5.74, 6) is 1.79. The third-order valence-corrected chi connectivity index (χ3v) is 6.73. The maximum absolute atomic E-state index is 10.0. The van der Waals surface area contributed by atoms with Gasteiger partial charge in [0, 0.05) is 30.4 Å². The van der Waals surface area contributed by atoms with Gasteiger partial charge in [-0.15, -0.1) is 0 Å². The number of phenolic OH excluding ortho intramolecular Hbond substituents is 1. The molecule has 0 saturated carbocycles. The lowest BCUT2D eigenvalue weighted by atomic mass is 9.84. The fraction of sp³-hybridized carbons (Fsp3) is 0.448. The van der Waals surface area contributed by atoms with Gasteiger partial charge in [-0.3, -0.25) is 0 Å². The van der Waals surface area contributed by atoms with Crippen LogP contribution in [0.5, 0.6) is 5.75 Å². The van der Waals surface area contributed by atoms with Gasteiger partial charge in [-0.05, 0) is 54.7 Å². The summed E-state index contributed by atoms with van der Waals surface area (Å²) < 4.78 is 8.21. The number of aromatic nitrogens is 3. The molecule has 0 fully saturated rings. The van der Waals surface area contributed by atoms with Gasteiger partial charge in [0.2, 0.25) is 0 Å². The van der Waals surface area contributed by atoms with Crippen LogP contribution in [0, 0.1) is 6.92 Å². The first-order valence-corrected chi connectivity index (χ1v) is 12.7. The van der Waals surface area contributed by atoms with E-state index in [4.69, 9.17) is 20.4 Å². The summed E-state index contributed by atoms with van der Waals surface area (Å²) in [4.78, 5) is 9.70. The van der Waals surface area contributed by atoms with Crippen LogP contribution in [0.25, 0.3) is 21.9 Å². The highest BCUT2D eigenvalue weighted by atomic mass is 16.5. The number of rotatable bonds is 10. The summed E-state index contributed by atoms with van der Waals surface area (Å²) in [6.45, 7) is 12.8. The van der Waals surface area contributed by atoms with Gasteiger partial charge < -0.3 is 20.1 Å². The molecule has 4 rings (SSSR count). The van der Waals surface area contributed by atoms with Gasteiger partial charge in [-0.2, -0.15) is 0 Å². The lowest BCUT2D eigenvalue weighted by Gasteiger charge is -2.25. The van der Waals surface area contributed by atoms with Gasteiger partial charge in [-0.25, -0.2) is 9.97 Å². The molecule has 0 aliphatic carbocycles. The Labute approximate surface area is 208 Å². The zero-order chi connectivity index (χ0) is 25.2. The Morgan fingerprint density at radius 1 is 1.06 bits per heavy atom. The number of ether oxygens (including phenoxy) is 1. The quantitative estimate of drug-likeness (QED) is 0.264. The monoisotopic (exact) mass is 474 g/mol. The second kappa shape index (κ2) is 10.2. The van der Waals surface area contributed by atoms with Gasteiger partial charge in [0.1, 0.15) is 17.1 Å². The molecule has 2 aromatic heterocycles. The van der Waals surface area contributed by atoms with Crippen LogP contribution in [-0.4, -0.2) is 32.9 Å². The molecule has 0 saturated heterocycles. The van der Waals surface area contributed by atoms with Crippen molar-refractivity contribution in [3.05, 3.63) is 58.9 Å². The highest BCUT2D eigenvalue weighted by molar-refractivity contribution is 6.07. The van der Waals surface area contributed by atoms with Crippen LogP contribution in [0.3, 0.4) is 0 Å². The van der Waals surface area contributed by atoms with Crippen molar-refractivity contribution >= 4 is 27.8 Å². The lowest BCUT2D eigenvalue weighted by molar-refractivity contribution is 0.0952. The molecule has 2 heterocycles. The number of anilines is 1. The highest BCUT2D eigenvalue weighted by Gasteiger charge is 2.24. The number of unbranched alkanes of at least 4 members (excludes halogenated alkanes) is 1. The third-order valence-electron chi connectivity index (χ3n) is 6.73. The second-order valence-corrected chi connectivity index (χ2v) is 10.2. The van der Waals surface area contributed by atoms with E-state index in [1.165, 1.54) is 5.56 Å². The number of fused-ring (bicyclic) bond motifs is 3. The van der Waals surface area contributed by atoms with Crippen molar-refractivity contribution in [1.29, 1.82) is 0 Å². The third kappa shape index (κ3) is 5.13. The first-order valence-electron chi connectivity index (χ1n) is 12.7. The molecule has 0 radical (unpaired) electrons. The molecule has 35 heavy (non-hydrogen) atoms. The zero-order valence-corrected chi connectivity index (χ0v) is 21.7. The SMILES string of the molecule is CCCCc1nc2c(N)nc3ccc(C(C)(C)COCCC)cc3c2n1Cc1ccc(O)c(C)c1. The van der Waals surface area contributed by atoms with Crippen molar-refractivity contribution in [3.8, 4) is 5.75 Å². The molecule has 0 bridgehead atoms. The van der Waals surface area contributed by atoms with Gasteiger partial charge in [0.25, 0.3) is 0 Å². The number of aryl methyl sites for hydroxylation is 2. The predicted octanol–water partition coefficient (Wildman–Crippen LogP) is 6.28. The van der Waals surface area contributed by atoms with Crippen LogP contribution < -0.4 is 5.73 Å². The Balaban J connectivity index is 1.91. The molecule has 0 unspecified atom stereocenters. The Bertz CT molecular complexity index is 1340. The molecule has 6 nitrogen and oxygen atoms in total. The van der Waals surface area contributed by atoms with Gasteiger partial charge >= 0.3 is 0 Å². The largest absolute Gasteiger partial charge is 0.508 e. The van der Waals surface area contributed by atoms with Crippen LogP contribution in [-0.2, 0) is 23.1 Å². The van der Waals surface area contributed by atoms with Gasteiger partial charge in [0.05, 0.1) is 17.6 Å². The minimum Gasteiger partial charge on any atom is -0.508 e. The van der Waals surface area contributed by atoms with Crippen molar-refractivity contribution in [3.63, 3.8) is 0 Å². The Kier molecular flexibility index (Phi) is 7.31. The number of pyridine rings is 1. The van der Waals surface area contributed by atoms with E-state index in [1.54, 1.807) is 6.07 Å². The summed E-state index contributed by atoms with van der Waals surface area (Å²) >= 11 is 0. The summed E-state index contributed by atoms with van der Waals surface area (Å²) in [5, 5.41) is 11.1. The molecule has 4 aromatic rings. The molecule has 0 atom stereocenters. The molecule has 3 N–H and O–H groups in total. The maximum Gasteiger partial charge on any atom is 0.152 e. The van der Waals surface area contributed by atoms with Crippen molar-refractivity contribution in [1.82, 2.24) is 14.5 Å². The maximum atomic E-state index is 10.0. The molecule has 186 valence electrons. The standard InChI is InChI=1S/C29H38N4O2/c1-6-8-9-25-32-26-27(33(25)17-20-10-13-24(34)19(3)15-20)22-16-21(11-12-23(22)31-28(26)30)29(4,5)18-35-14-7-2/h10-13,15-16,34H,6-9,14,17-18H2,1-5H3,(H2,30,31).